The summed E-state index contributed by atoms with van der Waals surface area (Å²) < 4.78 is 6.44. The third kappa shape index (κ3) is 2.26. The summed E-state index contributed by atoms with van der Waals surface area (Å²) in [6.07, 6.45) is 1.62. The van der Waals surface area contributed by atoms with Crippen LogP contribution in [-0.2, 0) is 4.74 Å². The van der Waals surface area contributed by atoms with E-state index in [1.54, 1.807) is 17.8 Å². The average molecular weight is 217 g/mol. The van der Waals surface area contributed by atoms with Crippen LogP contribution in [0.5, 0.6) is 0 Å². The zero-order valence-corrected chi connectivity index (χ0v) is 9.21. The van der Waals surface area contributed by atoms with Crippen molar-refractivity contribution in [3.63, 3.8) is 0 Å². The normalized spacial score (nSPS) is 10.6. The van der Waals surface area contributed by atoms with Gasteiger partial charge in [0.25, 0.3) is 0 Å². The molecule has 0 bridgehead atoms. The molecule has 4 nitrogen and oxygen atoms in total. The van der Waals surface area contributed by atoms with E-state index in [1.807, 2.05) is 13.8 Å². The molecule has 14 heavy (non-hydrogen) atoms. The van der Waals surface area contributed by atoms with Crippen LogP contribution in [-0.4, -0.2) is 22.4 Å². The standard InChI is InChI=1S/C9H13ClN2O2/c1-4-14-9(13)8-7(10)5-12(11-8)6(2)3/h5-6H,4H2,1-3H3. The van der Waals surface area contributed by atoms with E-state index in [0.29, 0.717) is 11.6 Å². The summed E-state index contributed by atoms with van der Waals surface area (Å²) in [6, 6.07) is 0.177. The van der Waals surface area contributed by atoms with Crippen LogP contribution in [0, 0.1) is 0 Å². The first-order valence-electron chi connectivity index (χ1n) is 4.48. The fourth-order valence-corrected chi connectivity index (χ4v) is 1.19. The average Bonchev–Trinajstić information content (AvgIpc) is 2.48. The fraction of sp³-hybridized carbons (Fsp3) is 0.556. The van der Waals surface area contributed by atoms with Gasteiger partial charge in [0, 0.05) is 12.2 Å². The van der Waals surface area contributed by atoms with Crippen molar-refractivity contribution in [1.29, 1.82) is 0 Å². The Morgan fingerprint density at radius 2 is 2.36 bits per heavy atom. The molecule has 0 saturated carbocycles. The number of halogens is 1. The second-order valence-corrected chi connectivity index (χ2v) is 3.53. The molecule has 5 heteroatoms. The molecule has 1 aromatic rings. The number of nitrogens with zero attached hydrogens (tertiary/aromatic N) is 2. The zero-order valence-electron chi connectivity index (χ0n) is 8.45. The van der Waals surface area contributed by atoms with E-state index in [1.165, 1.54) is 0 Å². The minimum absolute atomic E-state index is 0.177. The van der Waals surface area contributed by atoms with Gasteiger partial charge in [-0.15, -0.1) is 0 Å². The van der Waals surface area contributed by atoms with Crippen molar-refractivity contribution in [2.24, 2.45) is 0 Å². The lowest BCUT2D eigenvalue weighted by atomic mass is 10.4. The number of aromatic nitrogens is 2. The molecule has 0 fully saturated rings. The van der Waals surface area contributed by atoms with Crippen LogP contribution in [0.3, 0.4) is 0 Å². The lowest BCUT2D eigenvalue weighted by Crippen LogP contribution is -2.08. The Bertz CT molecular complexity index is 334. The molecule has 0 radical (unpaired) electrons. The first-order valence-corrected chi connectivity index (χ1v) is 4.85. The van der Waals surface area contributed by atoms with Crippen molar-refractivity contribution in [2.45, 2.75) is 26.8 Å². The molecule has 0 aliphatic carbocycles. The van der Waals surface area contributed by atoms with Gasteiger partial charge in [0.05, 0.1) is 11.6 Å². The van der Waals surface area contributed by atoms with Gasteiger partial charge < -0.3 is 4.74 Å². The highest BCUT2D eigenvalue weighted by Crippen LogP contribution is 2.17. The number of rotatable bonds is 3. The van der Waals surface area contributed by atoms with E-state index >= 15 is 0 Å². The van der Waals surface area contributed by atoms with Crippen LogP contribution in [0.4, 0.5) is 0 Å². The van der Waals surface area contributed by atoms with Crippen molar-refractivity contribution >= 4 is 17.6 Å². The van der Waals surface area contributed by atoms with Gasteiger partial charge in [-0.25, -0.2) is 4.79 Å². The number of carbonyl (C=O) groups is 1. The Hall–Kier alpha value is -1.03. The van der Waals surface area contributed by atoms with E-state index in [-0.39, 0.29) is 11.7 Å². The van der Waals surface area contributed by atoms with Crippen LogP contribution < -0.4 is 0 Å². The first-order chi connectivity index (χ1) is 6.56. The largest absolute Gasteiger partial charge is 0.461 e. The van der Waals surface area contributed by atoms with E-state index in [2.05, 4.69) is 5.10 Å². The maximum Gasteiger partial charge on any atom is 0.360 e. The van der Waals surface area contributed by atoms with Crippen molar-refractivity contribution in [1.82, 2.24) is 9.78 Å². The molecule has 0 N–H and O–H groups in total. The Kier molecular flexibility index (Phi) is 3.52. The zero-order chi connectivity index (χ0) is 10.7. The minimum Gasteiger partial charge on any atom is -0.461 e. The quantitative estimate of drug-likeness (QED) is 0.729. The maximum atomic E-state index is 11.3. The summed E-state index contributed by atoms with van der Waals surface area (Å²) in [7, 11) is 0. The van der Waals surface area contributed by atoms with E-state index < -0.39 is 5.97 Å². The van der Waals surface area contributed by atoms with Crippen molar-refractivity contribution < 1.29 is 9.53 Å². The molecule has 0 aliphatic heterocycles. The SMILES string of the molecule is CCOC(=O)c1nn(C(C)C)cc1Cl. The number of ether oxygens (including phenoxy) is 1. The molecule has 0 aromatic carbocycles. The maximum absolute atomic E-state index is 11.3. The fourth-order valence-electron chi connectivity index (χ4n) is 0.972. The first kappa shape index (κ1) is 11.0. The number of carbonyl (C=O) groups excluding carboxylic acids is 1. The predicted octanol–water partition coefficient (Wildman–Crippen LogP) is 2.29. The van der Waals surface area contributed by atoms with Gasteiger partial charge >= 0.3 is 5.97 Å². The second-order valence-electron chi connectivity index (χ2n) is 3.12. The van der Waals surface area contributed by atoms with Crippen LogP contribution in [0.2, 0.25) is 5.02 Å². The molecule has 0 saturated heterocycles. The molecular weight excluding hydrogens is 204 g/mol. The van der Waals surface area contributed by atoms with Crippen molar-refractivity contribution in [2.75, 3.05) is 6.61 Å². The smallest absolute Gasteiger partial charge is 0.360 e. The summed E-state index contributed by atoms with van der Waals surface area (Å²) in [5, 5.41) is 4.37. The van der Waals surface area contributed by atoms with Gasteiger partial charge in [-0.3, -0.25) is 4.68 Å². The third-order valence-electron chi connectivity index (χ3n) is 1.69. The van der Waals surface area contributed by atoms with Crippen LogP contribution in [0.25, 0.3) is 0 Å². The van der Waals surface area contributed by atoms with Gasteiger partial charge in [0.1, 0.15) is 0 Å². The second kappa shape index (κ2) is 4.46. The lowest BCUT2D eigenvalue weighted by Gasteiger charge is -2.03. The van der Waals surface area contributed by atoms with Gasteiger partial charge in [-0.1, -0.05) is 11.6 Å². The summed E-state index contributed by atoms with van der Waals surface area (Å²) in [6.45, 7) is 5.98. The molecule has 0 aliphatic rings. The van der Waals surface area contributed by atoms with Gasteiger partial charge in [-0.2, -0.15) is 5.10 Å². The van der Waals surface area contributed by atoms with Crippen LogP contribution in [0.15, 0.2) is 6.20 Å². The molecule has 0 atom stereocenters. The third-order valence-corrected chi connectivity index (χ3v) is 1.96. The monoisotopic (exact) mass is 216 g/mol. The van der Waals surface area contributed by atoms with E-state index in [4.69, 9.17) is 16.3 Å². The van der Waals surface area contributed by atoms with Crippen LogP contribution in [0.1, 0.15) is 37.3 Å². The lowest BCUT2D eigenvalue weighted by molar-refractivity contribution is 0.0518. The molecule has 0 spiro atoms. The summed E-state index contributed by atoms with van der Waals surface area (Å²) in [4.78, 5) is 11.3. The molecule has 1 heterocycles. The highest BCUT2D eigenvalue weighted by molar-refractivity contribution is 6.33. The molecule has 1 rings (SSSR count). The molecule has 1 aromatic heterocycles. The van der Waals surface area contributed by atoms with Gasteiger partial charge in [-0.05, 0) is 20.8 Å². The van der Waals surface area contributed by atoms with Gasteiger partial charge in [0.2, 0.25) is 0 Å². The highest BCUT2D eigenvalue weighted by atomic mass is 35.5. The Labute approximate surface area is 87.8 Å². The predicted molar refractivity (Wildman–Crippen MR) is 53.6 cm³/mol. The molecular formula is C9H13ClN2O2. The van der Waals surface area contributed by atoms with Crippen LogP contribution >= 0.6 is 11.6 Å². The number of esters is 1. The van der Waals surface area contributed by atoms with E-state index in [0.717, 1.165) is 0 Å². The topological polar surface area (TPSA) is 44.1 Å². The van der Waals surface area contributed by atoms with Crippen molar-refractivity contribution in [3.8, 4) is 0 Å². The van der Waals surface area contributed by atoms with Gasteiger partial charge in [0.15, 0.2) is 5.69 Å². The summed E-state index contributed by atoms with van der Waals surface area (Å²) >= 11 is 5.84. The van der Waals surface area contributed by atoms with Crippen molar-refractivity contribution in [3.05, 3.63) is 16.9 Å². The molecule has 0 unspecified atom stereocenters. The Morgan fingerprint density at radius 1 is 1.71 bits per heavy atom. The van der Waals surface area contributed by atoms with E-state index in [9.17, 15) is 4.79 Å². The summed E-state index contributed by atoms with van der Waals surface area (Å²) in [5.41, 5.74) is 0.183. The number of hydrogen-bond acceptors (Lipinski definition) is 3. The molecule has 0 amide bonds. The Balaban J connectivity index is 2.92. The summed E-state index contributed by atoms with van der Waals surface area (Å²) in [5.74, 6) is -0.475. The number of hydrogen-bond donors (Lipinski definition) is 0. The highest BCUT2D eigenvalue weighted by Gasteiger charge is 2.17. The Morgan fingerprint density at radius 3 is 2.79 bits per heavy atom. The molecule has 78 valence electrons. The minimum atomic E-state index is -0.475.